The van der Waals surface area contributed by atoms with E-state index < -0.39 is 11.6 Å². The van der Waals surface area contributed by atoms with Crippen LogP contribution >= 0.6 is 0 Å². The van der Waals surface area contributed by atoms with Gasteiger partial charge in [0.1, 0.15) is 0 Å². The molecule has 0 aliphatic rings. The molecule has 1 atom stereocenters. The predicted molar refractivity (Wildman–Crippen MR) is 66.3 cm³/mol. The van der Waals surface area contributed by atoms with Crippen LogP contribution in [0.1, 0.15) is 47.5 Å². The Kier molecular flexibility index (Phi) is 6.60. The molecule has 0 aliphatic heterocycles. The lowest BCUT2D eigenvalue weighted by atomic mass is 9.98. The summed E-state index contributed by atoms with van der Waals surface area (Å²) in [5.41, 5.74) is -0.553. The first-order chi connectivity index (χ1) is 7.25. The highest BCUT2D eigenvalue weighted by atomic mass is 16.3. The largest absolute Gasteiger partial charge is 0.391 e. The summed E-state index contributed by atoms with van der Waals surface area (Å²) < 4.78 is 0. The first kappa shape index (κ1) is 15.4. The normalized spacial score (nSPS) is 13.9. The molecule has 0 saturated heterocycles. The molecular weight excluding hydrogens is 204 g/mol. The van der Waals surface area contributed by atoms with E-state index in [1.165, 1.54) is 0 Å². The van der Waals surface area contributed by atoms with Gasteiger partial charge in [0.15, 0.2) is 0 Å². The third-order valence-electron chi connectivity index (χ3n) is 2.64. The van der Waals surface area contributed by atoms with Crippen molar-refractivity contribution in [1.82, 2.24) is 10.6 Å². The van der Waals surface area contributed by atoms with Gasteiger partial charge in [-0.05, 0) is 33.7 Å². The average molecular weight is 230 g/mol. The summed E-state index contributed by atoms with van der Waals surface area (Å²) in [5, 5.41) is 15.5. The van der Waals surface area contributed by atoms with Crippen LogP contribution < -0.4 is 10.6 Å². The molecule has 0 heterocycles. The lowest BCUT2D eigenvalue weighted by Gasteiger charge is -2.29. The zero-order chi connectivity index (χ0) is 12.8. The summed E-state index contributed by atoms with van der Waals surface area (Å²) in [7, 11) is 0. The second-order valence-electron chi connectivity index (χ2n) is 5.16. The minimum atomic E-state index is -0.553. The molecule has 4 heteroatoms. The van der Waals surface area contributed by atoms with Gasteiger partial charge in [-0.1, -0.05) is 13.8 Å². The Balaban J connectivity index is 3.75. The van der Waals surface area contributed by atoms with Crippen LogP contribution in [0.3, 0.4) is 0 Å². The predicted octanol–water partition coefficient (Wildman–Crippen LogP) is 1.04. The molecule has 3 N–H and O–H groups in total. The van der Waals surface area contributed by atoms with Gasteiger partial charge in [0.05, 0.1) is 11.6 Å². The van der Waals surface area contributed by atoms with Crippen molar-refractivity contribution in [1.29, 1.82) is 0 Å². The van der Waals surface area contributed by atoms with E-state index in [2.05, 4.69) is 24.5 Å². The van der Waals surface area contributed by atoms with E-state index in [0.29, 0.717) is 12.5 Å². The first-order valence-electron chi connectivity index (χ1n) is 5.98. The lowest BCUT2D eigenvalue weighted by molar-refractivity contribution is -0.124. The summed E-state index contributed by atoms with van der Waals surface area (Å²) in [6.07, 6.45) is 0.765. The molecule has 0 saturated carbocycles. The van der Waals surface area contributed by atoms with Crippen LogP contribution in [0.2, 0.25) is 0 Å². The highest BCUT2D eigenvalue weighted by molar-refractivity contribution is 5.76. The molecule has 1 unspecified atom stereocenters. The van der Waals surface area contributed by atoms with Gasteiger partial charge in [0.25, 0.3) is 0 Å². The van der Waals surface area contributed by atoms with Crippen molar-refractivity contribution in [2.24, 2.45) is 0 Å². The summed E-state index contributed by atoms with van der Waals surface area (Å²) in [6, 6.07) is 0.456. The Bertz CT molecular complexity index is 213. The molecule has 0 rings (SSSR count). The number of amides is 1. The van der Waals surface area contributed by atoms with Gasteiger partial charge >= 0.3 is 0 Å². The molecule has 0 spiro atoms. The molecule has 0 radical (unpaired) electrons. The van der Waals surface area contributed by atoms with Crippen LogP contribution in [0, 0.1) is 0 Å². The molecule has 96 valence electrons. The van der Waals surface area contributed by atoms with E-state index in [1.54, 1.807) is 6.92 Å². The molecule has 0 aromatic carbocycles. The zero-order valence-corrected chi connectivity index (χ0v) is 11.1. The summed E-state index contributed by atoms with van der Waals surface area (Å²) >= 11 is 0. The summed E-state index contributed by atoms with van der Waals surface area (Å²) in [6.45, 7) is 10.3. The van der Waals surface area contributed by atoms with Gasteiger partial charge in [0.2, 0.25) is 5.91 Å². The quantitative estimate of drug-likeness (QED) is 0.573. The maximum atomic E-state index is 11.6. The van der Waals surface area contributed by atoms with E-state index in [4.69, 9.17) is 0 Å². The SMILES string of the molecule is CC(C)NCCCC(=O)NC(C)(C)C(C)O. The van der Waals surface area contributed by atoms with Crippen molar-refractivity contribution in [3.05, 3.63) is 0 Å². The third-order valence-corrected chi connectivity index (χ3v) is 2.64. The van der Waals surface area contributed by atoms with E-state index in [-0.39, 0.29) is 5.91 Å². The fourth-order valence-electron chi connectivity index (χ4n) is 1.17. The van der Waals surface area contributed by atoms with Crippen LogP contribution in [-0.2, 0) is 4.79 Å². The van der Waals surface area contributed by atoms with Crippen molar-refractivity contribution in [2.45, 2.75) is 65.1 Å². The van der Waals surface area contributed by atoms with Crippen LogP contribution in [0.4, 0.5) is 0 Å². The van der Waals surface area contributed by atoms with E-state index >= 15 is 0 Å². The van der Waals surface area contributed by atoms with Crippen molar-refractivity contribution in [3.8, 4) is 0 Å². The number of hydrogen-bond donors (Lipinski definition) is 3. The van der Waals surface area contributed by atoms with Gasteiger partial charge in [0, 0.05) is 12.5 Å². The maximum Gasteiger partial charge on any atom is 0.220 e. The van der Waals surface area contributed by atoms with Gasteiger partial charge in [-0.3, -0.25) is 4.79 Å². The van der Waals surface area contributed by atoms with Crippen molar-refractivity contribution in [2.75, 3.05) is 6.54 Å². The number of aliphatic hydroxyl groups is 1. The zero-order valence-electron chi connectivity index (χ0n) is 11.1. The van der Waals surface area contributed by atoms with Gasteiger partial charge in [-0.15, -0.1) is 0 Å². The molecule has 0 aromatic rings. The fourth-order valence-corrected chi connectivity index (χ4v) is 1.17. The second-order valence-corrected chi connectivity index (χ2v) is 5.16. The first-order valence-corrected chi connectivity index (χ1v) is 5.98. The Labute approximate surface area is 98.8 Å². The molecule has 4 nitrogen and oxygen atoms in total. The van der Waals surface area contributed by atoms with E-state index in [9.17, 15) is 9.90 Å². The number of hydrogen-bond acceptors (Lipinski definition) is 3. The summed E-state index contributed by atoms with van der Waals surface area (Å²) in [5.74, 6) is -0.00328. The number of nitrogens with one attached hydrogen (secondary N) is 2. The minimum absolute atomic E-state index is 0.00328. The Morgan fingerprint density at radius 2 is 1.88 bits per heavy atom. The Hall–Kier alpha value is -0.610. The highest BCUT2D eigenvalue weighted by Gasteiger charge is 2.25. The van der Waals surface area contributed by atoms with E-state index in [1.807, 2.05) is 13.8 Å². The second kappa shape index (κ2) is 6.86. The number of carbonyl (C=O) groups is 1. The van der Waals surface area contributed by atoms with Gasteiger partial charge < -0.3 is 15.7 Å². The lowest BCUT2D eigenvalue weighted by Crippen LogP contribution is -2.51. The number of rotatable bonds is 7. The van der Waals surface area contributed by atoms with Crippen LogP contribution in [0.15, 0.2) is 0 Å². The summed E-state index contributed by atoms with van der Waals surface area (Å²) in [4.78, 5) is 11.6. The average Bonchev–Trinajstić information content (AvgIpc) is 2.11. The smallest absolute Gasteiger partial charge is 0.220 e. The number of aliphatic hydroxyl groups excluding tert-OH is 1. The van der Waals surface area contributed by atoms with Gasteiger partial charge in [-0.25, -0.2) is 0 Å². The number of carbonyl (C=O) groups excluding carboxylic acids is 1. The Morgan fingerprint density at radius 3 is 2.31 bits per heavy atom. The molecule has 0 fully saturated rings. The van der Waals surface area contributed by atoms with Crippen LogP contribution in [-0.4, -0.2) is 35.2 Å². The fraction of sp³-hybridized carbons (Fsp3) is 0.917. The van der Waals surface area contributed by atoms with Crippen molar-refractivity contribution in [3.63, 3.8) is 0 Å². The molecule has 16 heavy (non-hydrogen) atoms. The minimum Gasteiger partial charge on any atom is -0.391 e. The molecular formula is C12H26N2O2. The van der Waals surface area contributed by atoms with E-state index in [0.717, 1.165) is 13.0 Å². The van der Waals surface area contributed by atoms with Crippen molar-refractivity contribution < 1.29 is 9.90 Å². The standard InChI is InChI=1S/C12H26N2O2/c1-9(2)13-8-6-7-11(16)14-12(4,5)10(3)15/h9-10,13,15H,6-8H2,1-5H3,(H,14,16). The highest BCUT2D eigenvalue weighted by Crippen LogP contribution is 2.08. The van der Waals surface area contributed by atoms with Crippen LogP contribution in [0.5, 0.6) is 0 Å². The molecule has 0 aromatic heterocycles. The topological polar surface area (TPSA) is 61.4 Å². The third kappa shape index (κ3) is 6.80. The van der Waals surface area contributed by atoms with Gasteiger partial charge in [-0.2, -0.15) is 0 Å². The Morgan fingerprint density at radius 1 is 1.31 bits per heavy atom. The molecule has 0 bridgehead atoms. The molecule has 0 aliphatic carbocycles. The maximum absolute atomic E-state index is 11.6. The molecule has 1 amide bonds. The monoisotopic (exact) mass is 230 g/mol. The van der Waals surface area contributed by atoms with Crippen molar-refractivity contribution >= 4 is 5.91 Å². The van der Waals surface area contributed by atoms with Crippen LogP contribution in [0.25, 0.3) is 0 Å².